The zero-order valence-electron chi connectivity index (χ0n) is 10.9. The molecule has 102 valence electrons. The van der Waals surface area contributed by atoms with Crippen LogP contribution in [0.1, 0.15) is 15.9 Å². The number of nitrogens with zero attached hydrogens (tertiary/aromatic N) is 2. The number of hydrogen-bond donors (Lipinski definition) is 0. The van der Waals surface area contributed by atoms with Gasteiger partial charge in [-0.05, 0) is 24.3 Å². The molecule has 0 unspecified atom stereocenters. The van der Waals surface area contributed by atoms with Crippen LogP contribution in [0.25, 0.3) is 11.1 Å². The van der Waals surface area contributed by atoms with Gasteiger partial charge in [0.2, 0.25) is 0 Å². The van der Waals surface area contributed by atoms with Crippen LogP contribution in [0.4, 0.5) is 0 Å². The average Bonchev–Trinajstić information content (AvgIpc) is 2.95. The number of carbonyl (C=O) groups excluding carboxylic acids is 1. The average molecular weight is 294 g/mol. The predicted octanol–water partition coefficient (Wildman–Crippen LogP) is 3.67. The lowest BCUT2D eigenvalue weighted by Crippen LogP contribution is -2.02. The lowest BCUT2D eigenvalue weighted by Gasteiger charge is -1.98. The zero-order valence-corrected chi connectivity index (χ0v) is 11.8. The lowest BCUT2D eigenvalue weighted by molar-refractivity contribution is 0.102. The minimum atomic E-state index is -0.0215. The molecule has 0 aliphatic carbocycles. The summed E-state index contributed by atoms with van der Waals surface area (Å²) in [7, 11) is 0. The van der Waals surface area contributed by atoms with Crippen LogP contribution in [0.5, 0.6) is 0 Å². The van der Waals surface area contributed by atoms with Crippen molar-refractivity contribution in [3.05, 3.63) is 59.7 Å². The SMILES string of the molecule is N#Cc1ccc(C(=O)CSc2nc3ccccc3o2)cc1. The Balaban J connectivity index is 1.68. The number of rotatable bonds is 4. The summed E-state index contributed by atoms with van der Waals surface area (Å²) < 4.78 is 5.55. The van der Waals surface area contributed by atoms with Crippen molar-refractivity contribution < 1.29 is 9.21 Å². The fourth-order valence-electron chi connectivity index (χ4n) is 1.85. The molecule has 3 rings (SSSR count). The molecule has 4 nitrogen and oxygen atoms in total. The maximum atomic E-state index is 12.1. The Morgan fingerprint density at radius 1 is 1.19 bits per heavy atom. The summed E-state index contributed by atoms with van der Waals surface area (Å²) in [6, 6.07) is 16.1. The van der Waals surface area contributed by atoms with Gasteiger partial charge in [0.25, 0.3) is 5.22 Å². The Bertz CT molecular complexity index is 798. The predicted molar refractivity (Wildman–Crippen MR) is 80.2 cm³/mol. The highest BCUT2D eigenvalue weighted by atomic mass is 32.2. The third-order valence-corrected chi connectivity index (χ3v) is 3.77. The molecule has 0 spiro atoms. The van der Waals surface area contributed by atoms with Crippen molar-refractivity contribution in [3.63, 3.8) is 0 Å². The number of Topliss-reactive ketones (excluding diaryl/α,β-unsaturated/α-hetero) is 1. The number of oxazole rings is 1. The first-order valence-corrected chi connectivity index (χ1v) is 7.26. The van der Waals surface area contributed by atoms with Crippen LogP contribution in [0.3, 0.4) is 0 Å². The van der Waals surface area contributed by atoms with Crippen LogP contribution in [0.15, 0.2) is 58.2 Å². The van der Waals surface area contributed by atoms with E-state index in [0.717, 1.165) is 5.52 Å². The fraction of sp³-hybridized carbons (Fsp3) is 0.0625. The Hall–Kier alpha value is -2.58. The molecule has 5 heteroatoms. The van der Waals surface area contributed by atoms with Crippen molar-refractivity contribution in [1.82, 2.24) is 4.98 Å². The second-order valence-corrected chi connectivity index (χ2v) is 5.28. The summed E-state index contributed by atoms with van der Waals surface area (Å²) in [5.41, 5.74) is 2.62. The standard InChI is InChI=1S/C16H10N2O2S/c17-9-11-5-7-12(8-6-11)14(19)10-21-16-18-13-3-1-2-4-15(13)20-16/h1-8H,10H2. The van der Waals surface area contributed by atoms with Crippen molar-refractivity contribution in [3.8, 4) is 6.07 Å². The van der Waals surface area contributed by atoms with Crippen LogP contribution in [-0.4, -0.2) is 16.5 Å². The second-order valence-electron chi connectivity index (χ2n) is 4.35. The molecule has 0 N–H and O–H groups in total. The number of nitriles is 1. The first-order chi connectivity index (χ1) is 10.3. The Labute approximate surface area is 125 Å². The van der Waals surface area contributed by atoms with Gasteiger partial charge in [0.15, 0.2) is 11.4 Å². The molecule has 21 heavy (non-hydrogen) atoms. The first kappa shape index (κ1) is 13.4. The number of ketones is 1. The topological polar surface area (TPSA) is 66.9 Å². The number of thioether (sulfide) groups is 1. The molecular weight excluding hydrogens is 284 g/mol. The molecule has 0 radical (unpaired) electrons. The molecule has 3 aromatic rings. The molecule has 2 aromatic carbocycles. The van der Waals surface area contributed by atoms with Crippen LogP contribution in [0.2, 0.25) is 0 Å². The van der Waals surface area contributed by atoms with E-state index in [2.05, 4.69) is 4.98 Å². The Morgan fingerprint density at radius 2 is 1.95 bits per heavy atom. The maximum absolute atomic E-state index is 12.1. The van der Waals surface area contributed by atoms with Gasteiger partial charge in [-0.1, -0.05) is 36.0 Å². The van der Waals surface area contributed by atoms with Crippen LogP contribution in [-0.2, 0) is 0 Å². The van der Waals surface area contributed by atoms with E-state index in [-0.39, 0.29) is 11.5 Å². The molecular formula is C16H10N2O2S. The van der Waals surface area contributed by atoms with E-state index in [1.807, 2.05) is 30.3 Å². The van der Waals surface area contributed by atoms with E-state index < -0.39 is 0 Å². The number of para-hydroxylation sites is 2. The number of fused-ring (bicyclic) bond motifs is 1. The van der Waals surface area contributed by atoms with Gasteiger partial charge in [0, 0.05) is 5.56 Å². The number of aromatic nitrogens is 1. The van der Waals surface area contributed by atoms with Crippen LogP contribution >= 0.6 is 11.8 Å². The minimum absolute atomic E-state index is 0.0215. The Morgan fingerprint density at radius 3 is 2.67 bits per heavy atom. The quantitative estimate of drug-likeness (QED) is 0.542. The summed E-state index contributed by atoms with van der Waals surface area (Å²) in [6.07, 6.45) is 0. The van der Waals surface area contributed by atoms with Crippen molar-refractivity contribution in [2.45, 2.75) is 5.22 Å². The first-order valence-electron chi connectivity index (χ1n) is 6.28. The molecule has 0 bridgehead atoms. The molecule has 0 atom stereocenters. The van der Waals surface area contributed by atoms with Gasteiger partial charge in [-0.3, -0.25) is 4.79 Å². The molecule has 0 amide bonds. The smallest absolute Gasteiger partial charge is 0.257 e. The van der Waals surface area contributed by atoms with E-state index in [4.69, 9.17) is 9.68 Å². The number of benzene rings is 2. The zero-order chi connectivity index (χ0) is 14.7. The molecule has 1 heterocycles. The van der Waals surface area contributed by atoms with Crippen molar-refractivity contribution in [2.75, 3.05) is 5.75 Å². The minimum Gasteiger partial charge on any atom is -0.431 e. The summed E-state index contributed by atoms with van der Waals surface area (Å²) >= 11 is 1.27. The summed E-state index contributed by atoms with van der Waals surface area (Å²) in [6.45, 7) is 0. The van der Waals surface area contributed by atoms with Gasteiger partial charge in [0.05, 0.1) is 17.4 Å². The van der Waals surface area contributed by atoms with Crippen LogP contribution < -0.4 is 0 Å². The second kappa shape index (κ2) is 5.81. The van der Waals surface area contributed by atoms with E-state index in [1.165, 1.54) is 11.8 Å². The van der Waals surface area contributed by atoms with Gasteiger partial charge < -0.3 is 4.42 Å². The number of hydrogen-bond acceptors (Lipinski definition) is 5. The molecule has 0 saturated carbocycles. The van der Waals surface area contributed by atoms with Crippen LogP contribution in [0, 0.1) is 11.3 Å². The lowest BCUT2D eigenvalue weighted by atomic mass is 10.1. The van der Waals surface area contributed by atoms with E-state index in [9.17, 15) is 4.79 Å². The van der Waals surface area contributed by atoms with Crippen molar-refractivity contribution >= 4 is 28.6 Å². The highest BCUT2D eigenvalue weighted by Crippen LogP contribution is 2.23. The normalized spacial score (nSPS) is 10.4. The number of carbonyl (C=O) groups is 1. The molecule has 0 aliphatic rings. The van der Waals surface area contributed by atoms with Gasteiger partial charge in [0.1, 0.15) is 5.52 Å². The third-order valence-electron chi connectivity index (χ3n) is 2.94. The van der Waals surface area contributed by atoms with Gasteiger partial charge in [-0.25, -0.2) is 4.98 Å². The van der Waals surface area contributed by atoms with E-state index in [1.54, 1.807) is 24.3 Å². The highest BCUT2D eigenvalue weighted by molar-refractivity contribution is 7.99. The highest BCUT2D eigenvalue weighted by Gasteiger charge is 2.10. The molecule has 0 saturated heterocycles. The molecule has 1 aromatic heterocycles. The third kappa shape index (κ3) is 2.96. The summed E-state index contributed by atoms with van der Waals surface area (Å²) in [5, 5.41) is 9.21. The van der Waals surface area contributed by atoms with E-state index in [0.29, 0.717) is 21.9 Å². The van der Waals surface area contributed by atoms with Gasteiger partial charge in [-0.15, -0.1) is 0 Å². The molecule has 0 fully saturated rings. The van der Waals surface area contributed by atoms with Crippen molar-refractivity contribution in [2.24, 2.45) is 0 Å². The summed E-state index contributed by atoms with van der Waals surface area (Å²) in [4.78, 5) is 16.4. The fourth-order valence-corrected chi connectivity index (χ4v) is 2.59. The summed E-state index contributed by atoms with van der Waals surface area (Å²) in [5.74, 6) is 0.227. The largest absolute Gasteiger partial charge is 0.431 e. The van der Waals surface area contributed by atoms with Gasteiger partial charge in [-0.2, -0.15) is 5.26 Å². The van der Waals surface area contributed by atoms with Crippen molar-refractivity contribution in [1.29, 1.82) is 5.26 Å². The monoisotopic (exact) mass is 294 g/mol. The molecule has 0 aliphatic heterocycles. The maximum Gasteiger partial charge on any atom is 0.257 e. The Kier molecular flexibility index (Phi) is 3.71. The van der Waals surface area contributed by atoms with E-state index >= 15 is 0 Å². The van der Waals surface area contributed by atoms with Gasteiger partial charge >= 0.3 is 0 Å².